The molecule has 2 fully saturated rings. The van der Waals surface area contributed by atoms with Crippen molar-refractivity contribution in [1.82, 2.24) is 9.80 Å². The van der Waals surface area contributed by atoms with Gasteiger partial charge in [-0.15, -0.1) is 0 Å². The number of hydrogen-bond acceptors (Lipinski definition) is 3. The van der Waals surface area contributed by atoms with E-state index in [0.29, 0.717) is 12.5 Å². The van der Waals surface area contributed by atoms with E-state index in [0.717, 1.165) is 75.6 Å². The van der Waals surface area contributed by atoms with Gasteiger partial charge in [-0.25, -0.2) is 0 Å². The van der Waals surface area contributed by atoms with E-state index in [9.17, 15) is 4.79 Å². The average molecular weight is 465 g/mol. The molecule has 186 valence electrons. The van der Waals surface area contributed by atoms with Crippen LogP contribution in [-0.4, -0.2) is 53.0 Å². The second-order valence-electron chi connectivity index (χ2n) is 9.41. The lowest BCUT2D eigenvalue weighted by Crippen LogP contribution is -2.49. The van der Waals surface area contributed by atoms with Gasteiger partial charge in [0, 0.05) is 50.1 Å². The molecule has 1 amide bonds. The van der Waals surface area contributed by atoms with E-state index in [-0.39, 0.29) is 12.0 Å². The molecule has 0 aromatic rings. The van der Waals surface area contributed by atoms with Gasteiger partial charge in [-0.2, -0.15) is 0 Å². The zero-order chi connectivity index (χ0) is 24.6. The first-order valence-corrected chi connectivity index (χ1v) is 13.1. The first-order valence-electron chi connectivity index (χ1n) is 13.1. The number of nitrogens with zero attached hydrogens (tertiary/aromatic N) is 2. The molecular weight excluding hydrogens is 420 g/mol. The van der Waals surface area contributed by atoms with E-state index < -0.39 is 0 Å². The Kier molecular flexibility index (Phi) is 13.2. The highest BCUT2D eigenvalue weighted by molar-refractivity contribution is 5.79. The van der Waals surface area contributed by atoms with Crippen LogP contribution in [-0.2, 0) is 4.79 Å². The number of rotatable bonds is 10. The van der Waals surface area contributed by atoms with Crippen LogP contribution in [0.2, 0.25) is 0 Å². The van der Waals surface area contributed by atoms with Crippen molar-refractivity contribution in [2.75, 3.05) is 26.2 Å². The maximum atomic E-state index is 13.5. The molecule has 0 bridgehead atoms. The van der Waals surface area contributed by atoms with Crippen LogP contribution in [0.4, 0.5) is 0 Å². The number of carbonyl (C=O) groups is 1. The van der Waals surface area contributed by atoms with Crippen LogP contribution in [0.25, 0.3) is 0 Å². The second-order valence-corrected chi connectivity index (χ2v) is 9.41. The van der Waals surface area contributed by atoms with Gasteiger partial charge in [0.2, 0.25) is 5.91 Å². The number of amides is 1. The van der Waals surface area contributed by atoms with Crippen LogP contribution < -0.4 is 0 Å². The van der Waals surface area contributed by atoms with Crippen molar-refractivity contribution < 1.29 is 9.90 Å². The number of carbonyl (C=O) groups excluding carboxylic acids is 1. The fourth-order valence-corrected chi connectivity index (χ4v) is 4.79. The molecule has 1 aliphatic heterocycles. The van der Waals surface area contributed by atoms with Gasteiger partial charge in [0.1, 0.15) is 0 Å². The zero-order valence-electron chi connectivity index (χ0n) is 21.3. The monoisotopic (exact) mass is 464 g/mol. The van der Waals surface area contributed by atoms with Crippen molar-refractivity contribution in [3.05, 3.63) is 60.4 Å². The number of likely N-dealkylation sites (tertiary alicyclic amines) is 1. The molecule has 1 N–H and O–H groups in total. The van der Waals surface area contributed by atoms with Gasteiger partial charge in [-0.05, 0) is 56.8 Å². The van der Waals surface area contributed by atoms with Crippen molar-refractivity contribution >= 4 is 5.91 Å². The number of piperidine rings is 1. The van der Waals surface area contributed by atoms with Gasteiger partial charge in [0.25, 0.3) is 0 Å². The Balaban J connectivity index is 2.06. The Bertz CT molecular complexity index is 810. The Hall–Kier alpha value is -2.51. The van der Waals surface area contributed by atoms with E-state index in [2.05, 4.69) is 53.4 Å². The first-order chi connectivity index (χ1) is 16.6. The second kappa shape index (κ2) is 16.2. The van der Waals surface area contributed by atoms with Gasteiger partial charge >= 0.3 is 0 Å². The van der Waals surface area contributed by atoms with Crippen molar-refractivity contribution in [2.45, 2.75) is 77.7 Å². The molecule has 1 aliphatic carbocycles. The molecule has 34 heavy (non-hydrogen) atoms. The largest absolute Gasteiger partial charge is 0.516 e. The molecule has 0 atom stereocenters. The zero-order valence-corrected chi connectivity index (χ0v) is 21.3. The van der Waals surface area contributed by atoms with Gasteiger partial charge in [-0.1, -0.05) is 68.9 Å². The third kappa shape index (κ3) is 9.77. The van der Waals surface area contributed by atoms with Crippen LogP contribution in [0.1, 0.15) is 71.6 Å². The smallest absolute Gasteiger partial charge is 0.226 e. The lowest BCUT2D eigenvalue weighted by atomic mass is 9.87. The molecule has 2 aliphatic rings. The molecule has 0 aromatic heterocycles. The fraction of sp³-hybridized carbons (Fsp3) is 0.567. The molecule has 0 aromatic carbocycles. The van der Waals surface area contributed by atoms with Crippen LogP contribution in [0.5, 0.6) is 0 Å². The summed E-state index contributed by atoms with van der Waals surface area (Å²) >= 11 is 0. The van der Waals surface area contributed by atoms with Gasteiger partial charge in [0.05, 0.1) is 6.26 Å². The summed E-state index contributed by atoms with van der Waals surface area (Å²) in [5, 5.41) is 8.96. The molecule has 1 saturated heterocycles. The number of aliphatic hydroxyl groups is 1. The van der Waals surface area contributed by atoms with E-state index >= 15 is 0 Å². The van der Waals surface area contributed by atoms with E-state index in [4.69, 9.17) is 5.11 Å². The SMILES string of the molecule is C=C(/C=C\O)CN1CCC(N(C/C=C/C=C(C#CCCC)\C=C/C)C(=O)C2CCCCC2)CC1. The molecule has 4 nitrogen and oxygen atoms in total. The average Bonchev–Trinajstić information content (AvgIpc) is 2.85. The quantitative estimate of drug-likeness (QED) is 0.233. The predicted octanol–water partition coefficient (Wildman–Crippen LogP) is 6.35. The van der Waals surface area contributed by atoms with Crippen LogP contribution >= 0.6 is 0 Å². The van der Waals surface area contributed by atoms with Gasteiger partial charge < -0.3 is 10.0 Å². The Morgan fingerprint density at radius 1 is 1.15 bits per heavy atom. The lowest BCUT2D eigenvalue weighted by molar-refractivity contribution is -0.139. The van der Waals surface area contributed by atoms with Crippen molar-refractivity contribution in [1.29, 1.82) is 0 Å². The number of hydrogen-bond donors (Lipinski definition) is 1. The molecule has 0 unspecified atom stereocenters. The molecule has 2 rings (SSSR count). The third-order valence-electron chi connectivity index (χ3n) is 6.64. The van der Waals surface area contributed by atoms with E-state index in [1.807, 2.05) is 19.1 Å². The Morgan fingerprint density at radius 2 is 1.88 bits per heavy atom. The molecular formula is C30H44N2O2. The molecule has 1 heterocycles. The summed E-state index contributed by atoms with van der Waals surface area (Å²) in [6, 6.07) is 0.278. The Labute approximate surface area is 207 Å². The fourth-order valence-electron chi connectivity index (χ4n) is 4.79. The van der Waals surface area contributed by atoms with Crippen LogP contribution in [0.3, 0.4) is 0 Å². The topological polar surface area (TPSA) is 43.8 Å². The minimum Gasteiger partial charge on any atom is -0.516 e. The molecule has 0 spiro atoms. The van der Waals surface area contributed by atoms with Gasteiger partial charge in [0.15, 0.2) is 0 Å². The molecule has 1 saturated carbocycles. The number of allylic oxidation sites excluding steroid dienone is 5. The highest BCUT2D eigenvalue weighted by Gasteiger charge is 2.32. The van der Waals surface area contributed by atoms with Crippen molar-refractivity contribution in [3.8, 4) is 11.8 Å². The van der Waals surface area contributed by atoms with Crippen LogP contribution in [0.15, 0.2) is 60.4 Å². The highest BCUT2D eigenvalue weighted by Crippen LogP contribution is 2.28. The summed E-state index contributed by atoms with van der Waals surface area (Å²) in [5.41, 5.74) is 1.91. The third-order valence-corrected chi connectivity index (χ3v) is 6.64. The lowest BCUT2D eigenvalue weighted by Gasteiger charge is -2.40. The molecule has 0 radical (unpaired) electrons. The highest BCUT2D eigenvalue weighted by atomic mass is 16.2. The summed E-state index contributed by atoms with van der Waals surface area (Å²) in [6.45, 7) is 11.4. The number of unbranched alkanes of at least 4 members (excludes halogenated alkanes) is 1. The summed E-state index contributed by atoms with van der Waals surface area (Å²) in [4.78, 5) is 18.0. The summed E-state index contributed by atoms with van der Waals surface area (Å²) in [5.74, 6) is 6.97. The van der Waals surface area contributed by atoms with Crippen molar-refractivity contribution in [2.24, 2.45) is 5.92 Å². The predicted molar refractivity (Wildman–Crippen MR) is 143 cm³/mol. The maximum absolute atomic E-state index is 13.5. The van der Waals surface area contributed by atoms with Crippen LogP contribution in [0, 0.1) is 17.8 Å². The minimum atomic E-state index is 0.184. The first kappa shape index (κ1) is 27.7. The summed E-state index contributed by atoms with van der Waals surface area (Å²) in [7, 11) is 0. The van der Waals surface area contributed by atoms with Gasteiger partial charge in [-0.3, -0.25) is 9.69 Å². The number of aliphatic hydroxyl groups excluding tert-OH is 1. The summed E-state index contributed by atoms with van der Waals surface area (Å²) < 4.78 is 0. The van der Waals surface area contributed by atoms with Crippen molar-refractivity contribution in [3.63, 3.8) is 0 Å². The maximum Gasteiger partial charge on any atom is 0.226 e. The minimum absolute atomic E-state index is 0.184. The Morgan fingerprint density at radius 3 is 2.53 bits per heavy atom. The molecule has 4 heteroatoms. The summed E-state index contributed by atoms with van der Waals surface area (Å²) in [6.07, 6.45) is 22.6. The standard InChI is InChI=1S/C30H44N2O2/c1-4-6-8-14-27(13-5-2)15-11-12-21-32(30(34)28-16-9-7-10-17-28)29-18-22-31(23-19-29)25-26(3)20-24-33/h5,11-13,15,20,24,28-29,33H,3-4,6-7,9-10,16-19,21-23,25H2,1-2H3/b12-11+,13-5-,24-20-,27-15+. The van der Waals surface area contributed by atoms with E-state index in [1.165, 1.54) is 19.3 Å². The van der Waals surface area contributed by atoms with E-state index in [1.54, 1.807) is 6.08 Å². The normalized spacial score (nSPS) is 19.1.